The second-order valence-corrected chi connectivity index (χ2v) is 10.8. The molecule has 7 unspecified atom stereocenters. The molecule has 0 aliphatic heterocycles. The largest absolute Gasteiger partial charge is 0.469 e. The van der Waals surface area contributed by atoms with Crippen LogP contribution in [0.1, 0.15) is 73.6 Å². The van der Waals surface area contributed by atoms with Crippen LogP contribution in [-0.2, 0) is 38.1 Å². The Balaban J connectivity index is 2.33. The van der Waals surface area contributed by atoms with E-state index in [2.05, 4.69) is 6.58 Å². The van der Waals surface area contributed by atoms with Crippen molar-refractivity contribution in [2.75, 3.05) is 7.11 Å². The average molecular weight is 491 g/mol. The molecule has 1 saturated carbocycles. The molecule has 3 rings (SSSR count). The highest BCUT2D eigenvalue weighted by Gasteiger charge is 2.65. The highest BCUT2D eigenvalue weighted by Crippen LogP contribution is 2.64. The van der Waals surface area contributed by atoms with Crippen molar-refractivity contribution in [3.05, 3.63) is 23.8 Å². The molecule has 8 nitrogen and oxygen atoms in total. The van der Waals surface area contributed by atoms with Gasteiger partial charge in [0.2, 0.25) is 0 Å². The monoisotopic (exact) mass is 490 g/mol. The number of rotatable bonds is 5. The summed E-state index contributed by atoms with van der Waals surface area (Å²) in [6.07, 6.45) is 2.36. The van der Waals surface area contributed by atoms with Crippen LogP contribution in [-0.4, -0.2) is 49.3 Å². The Morgan fingerprint density at radius 2 is 1.54 bits per heavy atom. The second-order valence-electron chi connectivity index (χ2n) is 10.8. The zero-order valence-corrected chi connectivity index (χ0v) is 21.9. The Kier molecular flexibility index (Phi) is 7.26. The number of methoxy groups -OCH3 is 1. The average Bonchev–Trinajstić information content (AvgIpc) is 2.77. The number of hydrogen-bond donors (Lipinski definition) is 0. The van der Waals surface area contributed by atoms with Gasteiger partial charge in [-0.3, -0.25) is 19.2 Å². The first-order valence-electron chi connectivity index (χ1n) is 12.2. The number of carbonyl (C=O) groups is 4. The van der Waals surface area contributed by atoms with Crippen LogP contribution in [0.5, 0.6) is 0 Å². The smallest absolute Gasteiger partial charge is 0.311 e. The number of esters is 4. The Morgan fingerprint density at radius 3 is 2.06 bits per heavy atom. The van der Waals surface area contributed by atoms with Crippen LogP contribution in [0.2, 0.25) is 0 Å². The van der Waals surface area contributed by atoms with E-state index in [9.17, 15) is 19.2 Å². The first-order valence-corrected chi connectivity index (χ1v) is 12.2. The molecule has 3 aliphatic rings. The van der Waals surface area contributed by atoms with E-state index in [1.165, 1.54) is 27.9 Å². The van der Waals surface area contributed by atoms with E-state index in [4.69, 9.17) is 18.9 Å². The van der Waals surface area contributed by atoms with Gasteiger partial charge in [0.05, 0.1) is 12.5 Å². The number of hydrogen-bond acceptors (Lipinski definition) is 8. The lowest BCUT2D eigenvalue weighted by atomic mass is 9.45. The fourth-order valence-corrected chi connectivity index (χ4v) is 6.91. The minimum atomic E-state index is -0.882. The van der Waals surface area contributed by atoms with Crippen molar-refractivity contribution >= 4 is 23.9 Å². The summed E-state index contributed by atoms with van der Waals surface area (Å²) in [5.74, 6) is -2.00. The van der Waals surface area contributed by atoms with Gasteiger partial charge in [0.25, 0.3) is 0 Å². The molecule has 0 saturated heterocycles. The molecule has 0 radical (unpaired) electrons. The zero-order valence-electron chi connectivity index (χ0n) is 21.9. The van der Waals surface area contributed by atoms with Crippen molar-refractivity contribution in [1.82, 2.24) is 0 Å². The third-order valence-corrected chi connectivity index (χ3v) is 8.70. The van der Waals surface area contributed by atoms with Crippen molar-refractivity contribution in [2.24, 2.45) is 22.2 Å². The molecule has 0 N–H and O–H groups in total. The molecule has 0 bridgehead atoms. The lowest BCUT2D eigenvalue weighted by Gasteiger charge is -2.60. The van der Waals surface area contributed by atoms with Gasteiger partial charge in [0.1, 0.15) is 18.3 Å². The van der Waals surface area contributed by atoms with Crippen LogP contribution in [0.3, 0.4) is 0 Å². The molecule has 0 spiro atoms. The molecule has 3 aliphatic carbocycles. The number of fused-ring (bicyclic) bond motifs is 2. The Bertz CT molecular complexity index is 966. The maximum Gasteiger partial charge on any atom is 0.311 e. The van der Waals surface area contributed by atoms with Crippen LogP contribution in [0.25, 0.3) is 0 Å². The van der Waals surface area contributed by atoms with Gasteiger partial charge in [-0.15, -0.1) is 6.58 Å². The molecular weight excluding hydrogens is 452 g/mol. The van der Waals surface area contributed by atoms with Crippen LogP contribution in [0, 0.1) is 22.2 Å². The zero-order chi connectivity index (χ0) is 26.3. The predicted molar refractivity (Wildman–Crippen MR) is 127 cm³/mol. The molecule has 0 amide bonds. The minimum absolute atomic E-state index is 0.309. The van der Waals surface area contributed by atoms with E-state index < -0.39 is 52.5 Å². The summed E-state index contributed by atoms with van der Waals surface area (Å²) < 4.78 is 22.8. The summed E-state index contributed by atoms with van der Waals surface area (Å²) in [4.78, 5) is 49.7. The summed E-state index contributed by atoms with van der Waals surface area (Å²) in [6.45, 7) is 13.9. The maximum atomic E-state index is 13.1. The van der Waals surface area contributed by atoms with Gasteiger partial charge < -0.3 is 18.9 Å². The van der Waals surface area contributed by atoms with Crippen molar-refractivity contribution in [2.45, 2.75) is 92.0 Å². The van der Waals surface area contributed by atoms with Crippen LogP contribution in [0.4, 0.5) is 0 Å². The van der Waals surface area contributed by atoms with Gasteiger partial charge in [-0.2, -0.15) is 0 Å². The van der Waals surface area contributed by atoms with Crippen LogP contribution < -0.4 is 0 Å². The first kappa shape index (κ1) is 27.0. The molecular formula is C27H38O8. The topological polar surface area (TPSA) is 105 Å². The quantitative estimate of drug-likeness (QED) is 0.323. The van der Waals surface area contributed by atoms with Crippen molar-refractivity contribution < 1.29 is 38.1 Å². The molecule has 194 valence electrons. The molecule has 0 aromatic carbocycles. The van der Waals surface area contributed by atoms with Crippen molar-refractivity contribution in [3.8, 4) is 0 Å². The Labute approximate surface area is 207 Å². The highest BCUT2D eigenvalue weighted by atomic mass is 16.6. The molecule has 8 heteroatoms. The minimum Gasteiger partial charge on any atom is -0.469 e. The van der Waals surface area contributed by atoms with E-state index in [-0.39, 0.29) is 11.9 Å². The normalized spacial score (nSPS) is 38.4. The summed E-state index contributed by atoms with van der Waals surface area (Å²) in [5, 5.41) is 0. The molecule has 0 heterocycles. The number of ether oxygens (including phenoxy) is 4. The van der Waals surface area contributed by atoms with Crippen molar-refractivity contribution in [3.63, 3.8) is 0 Å². The molecule has 35 heavy (non-hydrogen) atoms. The van der Waals surface area contributed by atoms with Gasteiger partial charge >= 0.3 is 23.9 Å². The van der Waals surface area contributed by atoms with Crippen LogP contribution >= 0.6 is 0 Å². The molecule has 0 aromatic heterocycles. The SMILES string of the molecule is C=CC1(C)CCC2=C(C(OC(C)=O)CC3C(C)(C(=O)OC)CCC(OC(C)=O)C23C)C1OC(C)=O. The van der Waals surface area contributed by atoms with Crippen molar-refractivity contribution in [1.29, 1.82) is 0 Å². The highest BCUT2D eigenvalue weighted by molar-refractivity contribution is 5.78. The fraction of sp³-hybridized carbons (Fsp3) is 0.704. The predicted octanol–water partition coefficient (Wildman–Crippen LogP) is 4.06. The summed E-state index contributed by atoms with van der Waals surface area (Å²) in [5.41, 5.74) is -0.572. The third-order valence-electron chi connectivity index (χ3n) is 8.70. The van der Waals surface area contributed by atoms with Gasteiger partial charge in [-0.25, -0.2) is 0 Å². The van der Waals surface area contributed by atoms with Gasteiger partial charge in [-0.05, 0) is 44.9 Å². The second kappa shape index (κ2) is 9.43. The van der Waals surface area contributed by atoms with E-state index >= 15 is 0 Å². The van der Waals surface area contributed by atoms with E-state index in [0.717, 1.165) is 5.57 Å². The van der Waals surface area contributed by atoms with Crippen LogP contribution in [0.15, 0.2) is 23.8 Å². The first-order chi connectivity index (χ1) is 16.2. The molecule has 0 aromatic rings. The van der Waals surface area contributed by atoms with E-state index in [0.29, 0.717) is 37.7 Å². The Morgan fingerprint density at radius 1 is 0.943 bits per heavy atom. The van der Waals surface area contributed by atoms with E-state index in [1.807, 2.05) is 20.8 Å². The van der Waals surface area contributed by atoms with E-state index in [1.54, 1.807) is 6.08 Å². The lowest BCUT2D eigenvalue weighted by Crippen LogP contribution is -2.62. The lowest BCUT2D eigenvalue weighted by molar-refractivity contribution is -0.186. The maximum absolute atomic E-state index is 13.1. The standard InChI is InChI=1S/C27H38O8/c1-9-25(5)12-10-18-22(23(25)35-17(4)30)19(33-15(2)28)14-20-26(6,24(31)32-8)13-11-21(27(18,20)7)34-16(3)29/h9,19-21,23H,1,10-14H2,2-8H3. The summed E-state index contributed by atoms with van der Waals surface area (Å²) in [6, 6.07) is 0. The molecule has 7 atom stereocenters. The van der Waals surface area contributed by atoms with Gasteiger partial charge in [-0.1, -0.05) is 25.5 Å². The summed E-state index contributed by atoms with van der Waals surface area (Å²) in [7, 11) is 1.37. The number of carbonyl (C=O) groups excluding carboxylic acids is 4. The van der Waals surface area contributed by atoms with Gasteiger partial charge in [0, 0.05) is 37.2 Å². The van der Waals surface area contributed by atoms with Gasteiger partial charge in [0.15, 0.2) is 0 Å². The summed E-state index contributed by atoms with van der Waals surface area (Å²) >= 11 is 0. The Hall–Kier alpha value is -2.64. The molecule has 1 fully saturated rings. The third kappa shape index (κ3) is 4.40. The fourth-order valence-electron chi connectivity index (χ4n) is 6.91.